The van der Waals surface area contributed by atoms with E-state index < -0.39 is 20.8 Å². The molecule has 0 atom stereocenters. The lowest BCUT2D eigenvalue weighted by Crippen LogP contribution is -2.37. The van der Waals surface area contributed by atoms with E-state index in [1.165, 1.54) is 90.1 Å². The minimum absolute atomic E-state index is 1.15. The van der Waals surface area contributed by atoms with Gasteiger partial charge in [-0.3, -0.25) is 0 Å². The smallest absolute Gasteiger partial charge is 0.244 e. The van der Waals surface area contributed by atoms with E-state index in [9.17, 15) is 24.6 Å². The van der Waals surface area contributed by atoms with Crippen molar-refractivity contribution in [3.63, 3.8) is 0 Å². The van der Waals surface area contributed by atoms with Crippen LogP contribution in [-0.4, -0.2) is 21.4 Å². The predicted octanol–water partition coefficient (Wildman–Crippen LogP) is 4.60. The minimum Gasteiger partial charge on any atom is -0.379 e. The molecule has 30 heavy (non-hydrogen) atoms. The van der Waals surface area contributed by atoms with Gasteiger partial charge in [-0.2, -0.15) is 0 Å². The van der Waals surface area contributed by atoms with Gasteiger partial charge in [-0.25, -0.2) is 26.0 Å². The van der Waals surface area contributed by atoms with Gasteiger partial charge >= 0.3 is 0 Å². The average Bonchev–Trinajstić information content (AvgIpc) is 2.98. The third-order valence-corrected chi connectivity index (χ3v) is 6.49. The van der Waals surface area contributed by atoms with Crippen molar-refractivity contribution in [3.8, 4) is 0 Å². The van der Waals surface area contributed by atoms with Crippen molar-refractivity contribution in [2.75, 3.05) is 0 Å². The van der Waals surface area contributed by atoms with Gasteiger partial charge in [0.25, 0.3) is 0 Å². The first-order chi connectivity index (χ1) is 14.1. The summed E-state index contributed by atoms with van der Waals surface area (Å²) in [6.45, 7) is 7.07. The molecule has 11 heteroatoms. The number of rotatable bonds is 12. The quantitative estimate of drug-likeness (QED) is 0.253. The second-order valence-corrected chi connectivity index (χ2v) is 9.87. The Morgan fingerprint density at radius 1 is 0.900 bits per heavy atom. The van der Waals surface area contributed by atoms with Crippen LogP contribution in [0.5, 0.6) is 0 Å². The highest BCUT2D eigenvalue weighted by Crippen LogP contribution is 2.20. The second-order valence-electron chi connectivity index (χ2n) is 7.62. The van der Waals surface area contributed by atoms with E-state index in [-0.39, 0.29) is 0 Å². The number of aromatic nitrogens is 2. The molecule has 0 fully saturated rings. The van der Waals surface area contributed by atoms with Crippen molar-refractivity contribution < 1.29 is 29.2 Å². The lowest BCUT2D eigenvalue weighted by atomic mass is 10.0. The van der Waals surface area contributed by atoms with Gasteiger partial charge in [0.05, 0.1) is 13.1 Å². The number of halogens is 2. The van der Waals surface area contributed by atoms with Gasteiger partial charge in [-0.15, -0.1) is 7.77 Å². The van der Waals surface area contributed by atoms with Crippen molar-refractivity contribution in [2.45, 2.75) is 104 Å². The standard InChI is InChI=1S/C19H35N2.F2NO4S2/c1-3-5-7-11-15-20-17-21(16-12-8-6-4-2)19-14-10-9-13-18(19)20;1-8(4,5)3-9(2,6)7/h17H,3-16H2,1-2H3;/q+1;-1. The molecule has 0 unspecified atom stereocenters. The zero-order valence-corrected chi connectivity index (χ0v) is 19.7. The molecule has 0 radical (unpaired) electrons. The normalized spacial score (nSPS) is 14.1. The van der Waals surface area contributed by atoms with Crippen molar-refractivity contribution in [1.82, 2.24) is 4.57 Å². The van der Waals surface area contributed by atoms with Gasteiger partial charge in [0.1, 0.15) is 11.4 Å². The van der Waals surface area contributed by atoms with E-state index in [4.69, 9.17) is 0 Å². The SMILES string of the molecule is CCCCCCn1c[n+](CCCCCC)c2c1CCCC2.O=S(=O)(F)[N-]S(=O)(=O)F. The summed E-state index contributed by atoms with van der Waals surface area (Å²) < 4.78 is 65.2. The Hall–Kier alpha value is -1.07. The Labute approximate surface area is 180 Å². The first-order valence-electron chi connectivity index (χ1n) is 10.8. The first kappa shape index (κ1) is 27.0. The van der Waals surface area contributed by atoms with Crippen LogP contribution >= 0.6 is 0 Å². The number of unbranched alkanes of at least 4 members (excludes halogenated alkanes) is 6. The molecule has 0 bridgehead atoms. The summed E-state index contributed by atoms with van der Waals surface area (Å²) in [5, 5.41) is 0. The average molecular weight is 472 g/mol. The van der Waals surface area contributed by atoms with E-state index in [0.29, 0.717) is 0 Å². The molecule has 7 nitrogen and oxygen atoms in total. The number of hydrogen-bond acceptors (Lipinski definition) is 4. The van der Waals surface area contributed by atoms with Crippen LogP contribution in [0.4, 0.5) is 7.77 Å². The van der Waals surface area contributed by atoms with Crippen LogP contribution < -0.4 is 4.57 Å². The molecule has 1 aromatic heterocycles. The molecule has 1 aliphatic carbocycles. The van der Waals surface area contributed by atoms with Crippen LogP contribution in [-0.2, 0) is 46.7 Å². The molecule has 0 N–H and O–H groups in total. The second kappa shape index (κ2) is 13.4. The topological polar surface area (TPSA) is 91.2 Å². The van der Waals surface area contributed by atoms with E-state index in [0.717, 1.165) is 4.13 Å². The zero-order valence-electron chi connectivity index (χ0n) is 18.0. The third kappa shape index (κ3) is 11.4. The van der Waals surface area contributed by atoms with Crippen LogP contribution in [0.3, 0.4) is 0 Å². The lowest BCUT2D eigenvalue weighted by Gasteiger charge is -2.10. The Morgan fingerprint density at radius 3 is 2.00 bits per heavy atom. The molecule has 0 aromatic carbocycles. The zero-order chi connectivity index (χ0) is 22.6. The molecule has 0 amide bonds. The van der Waals surface area contributed by atoms with Crippen LogP contribution in [0.1, 0.15) is 89.4 Å². The number of aryl methyl sites for hydroxylation is 2. The summed E-state index contributed by atoms with van der Waals surface area (Å²) in [7, 11) is -11.2. The van der Waals surface area contributed by atoms with E-state index in [2.05, 4.69) is 29.3 Å². The third-order valence-electron chi connectivity index (χ3n) is 5.07. The van der Waals surface area contributed by atoms with Gasteiger partial charge in [0.15, 0.2) is 0 Å². The highest BCUT2D eigenvalue weighted by atomic mass is 32.3. The van der Waals surface area contributed by atoms with Gasteiger partial charge in [0.2, 0.25) is 27.1 Å². The summed E-state index contributed by atoms with van der Waals surface area (Å²) in [4.78, 5) is 0. The largest absolute Gasteiger partial charge is 0.379 e. The molecule has 1 heterocycles. The van der Waals surface area contributed by atoms with Crippen molar-refractivity contribution >= 4 is 20.8 Å². The maximum atomic E-state index is 11.1. The van der Waals surface area contributed by atoms with Crippen molar-refractivity contribution in [1.29, 1.82) is 0 Å². The van der Waals surface area contributed by atoms with Gasteiger partial charge in [-0.05, 0) is 38.5 Å². The molecule has 1 aromatic rings. The Bertz CT molecular complexity index is 774. The highest BCUT2D eigenvalue weighted by Gasteiger charge is 2.25. The van der Waals surface area contributed by atoms with E-state index >= 15 is 0 Å². The van der Waals surface area contributed by atoms with Crippen LogP contribution in [0.2, 0.25) is 0 Å². The van der Waals surface area contributed by atoms with E-state index in [1.807, 2.05) is 0 Å². The molecule has 0 aliphatic heterocycles. The van der Waals surface area contributed by atoms with E-state index in [1.54, 1.807) is 11.4 Å². The number of imidazole rings is 1. The summed E-state index contributed by atoms with van der Waals surface area (Å²) in [6.07, 6.45) is 18.8. The molecule has 0 spiro atoms. The van der Waals surface area contributed by atoms with Crippen LogP contribution in [0, 0.1) is 0 Å². The maximum absolute atomic E-state index is 11.1. The molecular weight excluding hydrogens is 436 g/mol. The fourth-order valence-corrected chi connectivity index (χ4v) is 4.56. The number of nitrogens with zero attached hydrogens (tertiary/aromatic N) is 3. The monoisotopic (exact) mass is 471 g/mol. The fourth-order valence-electron chi connectivity index (χ4n) is 3.71. The minimum atomic E-state index is -5.62. The van der Waals surface area contributed by atoms with Crippen molar-refractivity contribution in [3.05, 3.63) is 21.8 Å². The number of fused-ring (bicyclic) bond motifs is 1. The first-order valence-corrected chi connectivity index (χ1v) is 13.5. The van der Waals surface area contributed by atoms with Gasteiger partial charge in [-0.1, -0.05) is 39.5 Å². The Morgan fingerprint density at radius 2 is 1.47 bits per heavy atom. The van der Waals surface area contributed by atoms with Gasteiger partial charge in [0, 0.05) is 12.8 Å². The predicted molar refractivity (Wildman–Crippen MR) is 113 cm³/mol. The molecule has 2 rings (SSSR count). The lowest BCUT2D eigenvalue weighted by molar-refractivity contribution is -0.704. The summed E-state index contributed by atoms with van der Waals surface area (Å²) in [5.41, 5.74) is 3.32. The summed E-state index contributed by atoms with van der Waals surface area (Å²) in [5.74, 6) is 0. The maximum Gasteiger partial charge on any atom is 0.244 e. The number of hydrogen-bond donors (Lipinski definition) is 0. The molecular formula is C19H35F2N3O4S2. The molecule has 0 saturated heterocycles. The fraction of sp³-hybridized carbons (Fsp3) is 0.842. The van der Waals surface area contributed by atoms with Gasteiger partial charge < -0.3 is 4.13 Å². The van der Waals surface area contributed by atoms with Crippen LogP contribution in [0.15, 0.2) is 6.33 Å². The van der Waals surface area contributed by atoms with Crippen molar-refractivity contribution in [2.24, 2.45) is 0 Å². The van der Waals surface area contributed by atoms with Crippen LogP contribution in [0.25, 0.3) is 4.13 Å². The molecule has 0 saturated carbocycles. The highest BCUT2D eigenvalue weighted by molar-refractivity contribution is 8.07. The Kier molecular flexibility index (Phi) is 12.0. The molecule has 176 valence electrons. The Balaban J connectivity index is 0.000000424. The summed E-state index contributed by atoms with van der Waals surface area (Å²) >= 11 is 0. The summed E-state index contributed by atoms with van der Waals surface area (Å²) in [6, 6.07) is 0. The molecule has 1 aliphatic rings.